The second-order valence-corrected chi connectivity index (χ2v) is 5.27. The topological polar surface area (TPSA) is 32.5 Å². The molecule has 1 unspecified atom stereocenters. The first-order valence-electron chi connectivity index (χ1n) is 7.00. The van der Waals surface area contributed by atoms with Crippen LogP contribution in [0.15, 0.2) is 24.3 Å². The Morgan fingerprint density at radius 3 is 2.44 bits per heavy atom. The van der Waals surface area contributed by atoms with Gasteiger partial charge in [-0.1, -0.05) is 25.1 Å². The van der Waals surface area contributed by atoms with Crippen LogP contribution in [0.3, 0.4) is 0 Å². The van der Waals surface area contributed by atoms with Gasteiger partial charge in [-0.3, -0.25) is 9.80 Å². The van der Waals surface area contributed by atoms with Crippen molar-refractivity contribution in [2.45, 2.75) is 32.9 Å². The molecule has 3 nitrogen and oxygen atoms in total. The molecule has 0 aromatic heterocycles. The van der Waals surface area contributed by atoms with Gasteiger partial charge < -0.3 is 5.73 Å². The van der Waals surface area contributed by atoms with Crippen LogP contribution in [0.25, 0.3) is 0 Å². The molecule has 0 spiro atoms. The molecule has 1 aromatic rings. The Hall–Kier alpha value is -1.06. The van der Waals surface area contributed by atoms with E-state index in [1.165, 1.54) is 25.1 Å². The van der Waals surface area contributed by atoms with Crippen molar-refractivity contribution < 1.29 is 0 Å². The van der Waals surface area contributed by atoms with E-state index in [4.69, 9.17) is 5.73 Å². The lowest BCUT2D eigenvalue weighted by Gasteiger charge is -2.38. The van der Waals surface area contributed by atoms with Crippen molar-refractivity contribution in [1.29, 1.82) is 0 Å². The van der Waals surface area contributed by atoms with Gasteiger partial charge in [-0.2, -0.15) is 0 Å². The number of anilines is 1. The summed E-state index contributed by atoms with van der Waals surface area (Å²) in [7, 11) is 0. The van der Waals surface area contributed by atoms with Gasteiger partial charge in [0, 0.05) is 44.5 Å². The maximum absolute atomic E-state index is 6.00. The van der Waals surface area contributed by atoms with Gasteiger partial charge in [-0.25, -0.2) is 0 Å². The number of para-hydroxylation sites is 1. The summed E-state index contributed by atoms with van der Waals surface area (Å²) in [5.41, 5.74) is 8.17. The van der Waals surface area contributed by atoms with E-state index in [9.17, 15) is 0 Å². The normalized spacial score (nSPS) is 19.9. The van der Waals surface area contributed by atoms with E-state index in [1.54, 1.807) is 0 Å². The van der Waals surface area contributed by atoms with Gasteiger partial charge in [0.05, 0.1) is 0 Å². The van der Waals surface area contributed by atoms with Gasteiger partial charge in [0.25, 0.3) is 0 Å². The Morgan fingerprint density at radius 1 is 1.17 bits per heavy atom. The summed E-state index contributed by atoms with van der Waals surface area (Å²) < 4.78 is 0. The van der Waals surface area contributed by atoms with Gasteiger partial charge in [0.15, 0.2) is 0 Å². The fraction of sp³-hybridized carbons (Fsp3) is 0.600. The summed E-state index contributed by atoms with van der Waals surface area (Å²) in [6.45, 7) is 10.2. The second-order valence-electron chi connectivity index (χ2n) is 5.27. The van der Waals surface area contributed by atoms with Gasteiger partial charge in [-0.05, 0) is 25.0 Å². The van der Waals surface area contributed by atoms with E-state index in [-0.39, 0.29) is 0 Å². The lowest BCUT2D eigenvalue weighted by atomic mass is 10.1. The average molecular weight is 247 g/mol. The largest absolute Gasteiger partial charge is 0.398 e. The Balaban J connectivity index is 1.86. The highest BCUT2D eigenvalue weighted by atomic mass is 15.3. The molecule has 1 fully saturated rings. The van der Waals surface area contributed by atoms with E-state index < -0.39 is 0 Å². The van der Waals surface area contributed by atoms with Crippen molar-refractivity contribution in [3.63, 3.8) is 0 Å². The van der Waals surface area contributed by atoms with E-state index in [1.807, 2.05) is 12.1 Å². The van der Waals surface area contributed by atoms with E-state index in [0.717, 1.165) is 25.3 Å². The first-order valence-corrected chi connectivity index (χ1v) is 7.00. The third-order valence-electron chi connectivity index (χ3n) is 4.07. The maximum Gasteiger partial charge on any atom is 0.0359 e. The van der Waals surface area contributed by atoms with Crippen LogP contribution in [0.4, 0.5) is 5.69 Å². The molecular weight excluding hydrogens is 222 g/mol. The molecule has 2 N–H and O–H groups in total. The zero-order valence-electron chi connectivity index (χ0n) is 11.6. The average Bonchev–Trinajstić information content (AvgIpc) is 2.41. The minimum atomic E-state index is 0.717. The van der Waals surface area contributed by atoms with Crippen LogP contribution in [-0.4, -0.2) is 42.0 Å². The van der Waals surface area contributed by atoms with Crippen molar-refractivity contribution in [3.05, 3.63) is 29.8 Å². The summed E-state index contributed by atoms with van der Waals surface area (Å²) >= 11 is 0. The molecule has 1 aromatic carbocycles. The predicted octanol–water partition coefficient (Wildman–Crippen LogP) is 2.18. The van der Waals surface area contributed by atoms with Gasteiger partial charge >= 0.3 is 0 Å². The quantitative estimate of drug-likeness (QED) is 0.828. The van der Waals surface area contributed by atoms with Crippen LogP contribution < -0.4 is 5.73 Å². The molecule has 1 aliphatic rings. The molecule has 3 heteroatoms. The Morgan fingerprint density at radius 2 is 1.83 bits per heavy atom. The van der Waals surface area contributed by atoms with Gasteiger partial charge in [0.1, 0.15) is 0 Å². The highest BCUT2D eigenvalue weighted by molar-refractivity contribution is 5.46. The molecule has 0 saturated carbocycles. The molecule has 0 bridgehead atoms. The zero-order chi connectivity index (χ0) is 13.0. The molecule has 1 saturated heterocycles. The Kier molecular flexibility index (Phi) is 4.61. The molecule has 2 rings (SSSR count). The number of nitrogens with two attached hydrogens (primary N) is 1. The molecule has 18 heavy (non-hydrogen) atoms. The molecule has 1 heterocycles. The lowest BCUT2D eigenvalue weighted by Crippen LogP contribution is -2.49. The summed E-state index contributed by atoms with van der Waals surface area (Å²) in [6, 6.07) is 8.91. The van der Waals surface area contributed by atoms with Gasteiger partial charge in [0.2, 0.25) is 0 Å². The molecule has 0 amide bonds. The first kappa shape index (κ1) is 13.4. The summed E-state index contributed by atoms with van der Waals surface area (Å²) in [5, 5.41) is 0. The summed E-state index contributed by atoms with van der Waals surface area (Å²) in [5.74, 6) is 0. The minimum Gasteiger partial charge on any atom is -0.398 e. The van der Waals surface area contributed by atoms with Crippen molar-refractivity contribution in [2.75, 3.05) is 31.9 Å². The number of nitrogens with zero attached hydrogens (tertiary/aromatic N) is 2. The van der Waals surface area contributed by atoms with Crippen molar-refractivity contribution in [1.82, 2.24) is 9.80 Å². The number of benzene rings is 1. The lowest BCUT2D eigenvalue weighted by molar-refractivity contribution is 0.0965. The van der Waals surface area contributed by atoms with Crippen molar-refractivity contribution >= 4 is 5.69 Å². The molecule has 1 aliphatic heterocycles. The maximum atomic E-state index is 6.00. The van der Waals surface area contributed by atoms with Crippen LogP contribution in [0.1, 0.15) is 25.8 Å². The fourth-order valence-electron chi connectivity index (χ4n) is 2.54. The monoisotopic (exact) mass is 247 g/mol. The number of nitrogen functional groups attached to an aromatic ring is 1. The van der Waals surface area contributed by atoms with Gasteiger partial charge in [-0.15, -0.1) is 0 Å². The van der Waals surface area contributed by atoms with Crippen molar-refractivity contribution in [3.8, 4) is 0 Å². The van der Waals surface area contributed by atoms with Crippen LogP contribution in [-0.2, 0) is 6.54 Å². The third-order valence-corrected chi connectivity index (χ3v) is 4.07. The second kappa shape index (κ2) is 6.21. The van der Waals surface area contributed by atoms with Crippen LogP contribution >= 0.6 is 0 Å². The molecule has 0 aliphatic carbocycles. The molecular formula is C15H25N3. The van der Waals surface area contributed by atoms with Crippen LogP contribution in [0.5, 0.6) is 0 Å². The Labute approximate surface area is 111 Å². The number of hydrogen-bond donors (Lipinski definition) is 1. The standard InChI is InChI=1S/C15H25N3/c1-3-13(2)18-10-8-17(9-11-18)12-14-6-4-5-7-15(14)16/h4-7,13H,3,8-12,16H2,1-2H3. The highest BCUT2D eigenvalue weighted by Crippen LogP contribution is 2.16. The van der Waals surface area contributed by atoms with E-state index in [2.05, 4.69) is 35.8 Å². The predicted molar refractivity (Wildman–Crippen MR) is 77.5 cm³/mol. The summed E-state index contributed by atoms with van der Waals surface area (Å²) in [4.78, 5) is 5.09. The number of rotatable bonds is 4. The molecule has 0 radical (unpaired) electrons. The first-order chi connectivity index (χ1) is 8.70. The van der Waals surface area contributed by atoms with Crippen LogP contribution in [0.2, 0.25) is 0 Å². The minimum absolute atomic E-state index is 0.717. The van der Waals surface area contributed by atoms with Crippen molar-refractivity contribution in [2.24, 2.45) is 0 Å². The highest BCUT2D eigenvalue weighted by Gasteiger charge is 2.20. The SMILES string of the molecule is CCC(C)N1CCN(Cc2ccccc2N)CC1. The molecule has 1 atom stereocenters. The third kappa shape index (κ3) is 3.24. The van der Waals surface area contributed by atoms with E-state index >= 15 is 0 Å². The Bertz CT molecular complexity index is 370. The number of hydrogen-bond acceptors (Lipinski definition) is 3. The van der Waals surface area contributed by atoms with E-state index in [0.29, 0.717) is 6.04 Å². The smallest absolute Gasteiger partial charge is 0.0359 e. The zero-order valence-corrected chi connectivity index (χ0v) is 11.6. The summed E-state index contributed by atoms with van der Waals surface area (Å²) in [6.07, 6.45) is 1.24. The fourth-order valence-corrected chi connectivity index (χ4v) is 2.54. The molecule has 100 valence electrons. The van der Waals surface area contributed by atoms with Crippen LogP contribution in [0, 0.1) is 0 Å². The number of piperazine rings is 1.